The lowest BCUT2D eigenvalue weighted by molar-refractivity contribution is -0.119. The Morgan fingerprint density at radius 2 is 2.35 bits per heavy atom. The highest BCUT2D eigenvalue weighted by Gasteiger charge is 2.25. The van der Waals surface area contributed by atoms with E-state index in [1.165, 1.54) is 0 Å². The van der Waals surface area contributed by atoms with Crippen molar-refractivity contribution >= 4 is 23.4 Å². The van der Waals surface area contributed by atoms with Gasteiger partial charge in [-0.1, -0.05) is 6.07 Å². The highest BCUT2D eigenvalue weighted by atomic mass is 16.6. The summed E-state index contributed by atoms with van der Waals surface area (Å²) < 4.78 is 4.91. The molecule has 1 aromatic rings. The van der Waals surface area contributed by atoms with E-state index in [1.807, 2.05) is 18.2 Å². The third-order valence-electron chi connectivity index (χ3n) is 3.62. The van der Waals surface area contributed by atoms with Gasteiger partial charge in [0.2, 0.25) is 5.91 Å². The van der Waals surface area contributed by atoms with Crippen LogP contribution in [-0.2, 0) is 9.53 Å². The van der Waals surface area contributed by atoms with Crippen molar-refractivity contribution in [1.29, 1.82) is 0 Å². The summed E-state index contributed by atoms with van der Waals surface area (Å²) in [5, 5.41) is 6.08. The molecule has 0 aromatic heterocycles. The van der Waals surface area contributed by atoms with Crippen molar-refractivity contribution in [3.8, 4) is 0 Å². The van der Waals surface area contributed by atoms with Gasteiger partial charge < -0.3 is 15.4 Å². The summed E-state index contributed by atoms with van der Waals surface area (Å²) in [5.74, 6) is 0.0477. The minimum absolute atomic E-state index is 0.0235. The minimum Gasteiger partial charge on any atom is -0.447 e. The molecular weight excluding hydrogens is 258 g/mol. The molecule has 2 saturated heterocycles. The van der Waals surface area contributed by atoms with Crippen molar-refractivity contribution in [2.45, 2.75) is 6.42 Å². The van der Waals surface area contributed by atoms with Crippen molar-refractivity contribution in [3.05, 3.63) is 24.3 Å². The first kappa shape index (κ1) is 12.9. The maximum atomic E-state index is 12.1. The molecule has 106 valence electrons. The Morgan fingerprint density at radius 1 is 1.45 bits per heavy atom. The first-order valence-electron chi connectivity index (χ1n) is 6.80. The second-order valence-electron chi connectivity index (χ2n) is 5.00. The summed E-state index contributed by atoms with van der Waals surface area (Å²) in [6.45, 7) is 2.56. The van der Waals surface area contributed by atoms with E-state index in [1.54, 1.807) is 11.0 Å². The maximum Gasteiger partial charge on any atom is 0.414 e. The van der Waals surface area contributed by atoms with Gasteiger partial charge in [-0.3, -0.25) is 9.69 Å². The van der Waals surface area contributed by atoms with Gasteiger partial charge in [0.25, 0.3) is 0 Å². The first-order valence-corrected chi connectivity index (χ1v) is 6.80. The van der Waals surface area contributed by atoms with Crippen LogP contribution in [0.1, 0.15) is 6.42 Å². The van der Waals surface area contributed by atoms with Gasteiger partial charge in [0.15, 0.2) is 0 Å². The molecule has 2 heterocycles. The Kier molecular flexibility index (Phi) is 3.56. The monoisotopic (exact) mass is 275 g/mol. The van der Waals surface area contributed by atoms with Crippen LogP contribution in [0.3, 0.4) is 0 Å². The minimum atomic E-state index is -0.339. The molecular formula is C14H17N3O3. The fraction of sp³-hybridized carbons (Fsp3) is 0.429. The number of anilines is 2. The highest BCUT2D eigenvalue weighted by molar-refractivity contribution is 5.95. The number of nitrogens with zero attached hydrogens (tertiary/aromatic N) is 1. The third kappa shape index (κ3) is 2.60. The molecule has 0 spiro atoms. The molecule has 0 aliphatic carbocycles. The number of hydrogen-bond donors (Lipinski definition) is 2. The Morgan fingerprint density at radius 3 is 3.05 bits per heavy atom. The van der Waals surface area contributed by atoms with E-state index in [4.69, 9.17) is 4.74 Å². The standard InChI is InChI=1S/C14H17N3O3/c18-13(10-4-5-15-9-10)16-11-2-1-3-12(8-11)17-6-7-20-14(17)19/h1-3,8,10,15H,4-7,9H2,(H,16,18). The quantitative estimate of drug-likeness (QED) is 0.869. The molecule has 1 aromatic carbocycles. The molecule has 3 rings (SSSR count). The third-order valence-corrected chi connectivity index (χ3v) is 3.62. The second kappa shape index (κ2) is 5.50. The van der Waals surface area contributed by atoms with Gasteiger partial charge in [-0.25, -0.2) is 4.79 Å². The fourth-order valence-corrected chi connectivity index (χ4v) is 2.50. The molecule has 20 heavy (non-hydrogen) atoms. The lowest BCUT2D eigenvalue weighted by Crippen LogP contribution is -2.25. The highest BCUT2D eigenvalue weighted by Crippen LogP contribution is 2.23. The number of carbonyl (C=O) groups is 2. The van der Waals surface area contributed by atoms with Gasteiger partial charge in [0, 0.05) is 17.9 Å². The molecule has 2 aliphatic heterocycles. The Bertz CT molecular complexity index is 526. The molecule has 2 fully saturated rings. The van der Waals surface area contributed by atoms with Crippen LogP contribution in [0, 0.1) is 5.92 Å². The number of carbonyl (C=O) groups excluding carboxylic acids is 2. The number of cyclic esters (lactones) is 1. The lowest BCUT2D eigenvalue weighted by Gasteiger charge is -2.15. The Balaban J connectivity index is 1.70. The van der Waals surface area contributed by atoms with Crippen molar-refractivity contribution in [2.24, 2.45) is 5.92 Å². The number of ether oxygens (including phenoxy) is 1. The zero-order valence-electron chi connectivity index (χ0n) is 11.1. The zero-order valence-corrected chi connectivity index (χ0v) is 11.1. The second-order valence-corrected chi connectivity index (χ2v) is 5.00. The van der Waals surface area contributed by atoms with Gasteiger partial charge in [-0.15, -0.1) is 0 Å². The van der Waals surface area contributed by atoms with E-state index < -0.39 is 0 Å². The summed E-state index contributed by atoms with van der Waals surface area (Å²) in [5.41, 5.74) is 1.45. The summed E-state index contributed by atoms with van der Waals surface area (Å²) in [6, 6.07) is 7.28. The smallest absolute Gasteiger partial charge is 0.414 e. The molecule has 0 saturated carbocycles. The van der Waals surface area contributed by atoms with Crippen LogP contribution in [-0.4, -0.2) is 38.2 Å². The first-order chi connectivity index (χ1) is 9.74. The van der Waals surface area contributed by atoms with Gasteiger partial charge in [-0.05, 0) is 31.2 Å². The SMILES string of the molecule is O=C(Nc1cccc(N2CCOC2=O)c1)C1CCNC1. The average Bonchev–Trinajstić information content (AvgIpc) is 3.10. The number of benzene rings is 1. The Labute approximate surface area is 117 Å². The maximum absolute atomic E-state index is 12.1. The fourth-order valence-electron chi connectivity index (χ4n) is 2.50. The number of amides is 2. The van der Waals surface area contributed by atoms with Crippen LogP contribution in [0.2, 0.25) is 0 Å². The molecule has 2 aliphatic rings. The summed E-state index contributed by atoms with van der Waals surface area (Å²) >= 11 is 0. The average molecular weight is 275 g/mol. The summed E-state index contributed by atoms with van der Waals surface area (Å²) in [7, 11) is 0. The van der Waals surface area contributed by atoms with Crippen molar-refractivity contribution in [2.75, 3.05) is 36.5 Å². The van der Waals surface area contributed by atoms with E-state index in [0.29, 0.717) is 18.8 Å². The van der Waals surface area contributed by atoms with E-state index in [9.17, 15) is 9.59 Å². The molecule has 2 amide bonds. The normalized spacial score (nSPS) is 21.9. The number of rotatable bonds is 3. The molecule has 1 unspecified atom stereocenters. The van der Waals surface area contributed by atoms with Crippen LogP contribution < -0.4 is 15.5 Å². The number of hydrogen-bond acceptors (Lipinski definition) is 4. The van der Waals surface area contributed by atoms with E-state index >= 15 is 0 Å². The molecule has 6 nitrogen and oxygen atoms in total. The zero-order chi connectivity index (χ0) is 13.9. The van der Waals surface area contributed by atoms with E-state index in [0.717, 1.165) is 25.2 Å². The topological polar surface area (TPSA) is 70.7 Å². The van der Waals surface area contributed by atoms with Crippen molar-refractivity contribution < 1.29 is 14.3 Å². The molecule has 0 radical (unpaired) electrons. The van der Waals surface area contributed by atoms with Crippen molar-refractivity contribution in [3.63, 3.8) is 0 Å². The van der Waals surface area contributed by atoms with Gasteiger partial charge in [0.05, 0.1) is 12.5 Å². The largest absolute Gasteiger partial charge is 0.447 e. The predicted octanol–water partition coefficient (Wildman–Crippen LogP) is 1.19. The van der Waals surface area contributed by atoms with Crippen LogP contribution >= 0.6 is 0 Å². The summed E-state index contributed by atoms with van der Waals surface area (Å²) in [6.07, 6.45) is 0.526. The van der Waals surface area contributed by atoms with Crippen LogP contribution in [0.25, 0.3) is 0 Å². The van der Waals surface area contributed by atoms with Crippen LogP contribution in [0.15, 0.2) is 24.3 Å². The Hall–Kier alpha value is -2.08. The number of nitrogens with one attached hydrogen (secondary N) is 2. The van der Waals surface area contributed by atoms with Gasteiger partial charge >= 0.3 is 6.09 Å². The lowest BCUT2D eigenvalue weighted by atomic mass is 10.1. The predicted molar refractivity (Wildman–Crippen MR) is 74.7 cm³/mol. The van der Waals surface area contributed by atoms with E-state index in [-0.39, 0.29) is 17.9 Å². The molecule has 1 atom stereocenters. The molecule has 0 bridgehead atoms. The van der Waals surface area contributed by atoms with Crippen LogP contribution in [0.5, 0.6) is 0 Å². The van der Waals surface area contributed by atoms with Gasteiger partial charge in [-0.2, -0.15) is 0 Å². The molecule has 6 heteroatoms. The molecule has 2 N–H and O–H groups in total. The van der Waals surface area contributed by atoms with Gasteiger partial charge in [0.1, 0.15) is 6.61 Å². The summed E-state index contributed by atoms with van der Waals surface area (Å²) in [4.78, 5) is 25.1. The van der Waals surface area contributed by atoms with Crippen LogP contribution in [0.4, 0.5) is 16.2 Å². The van der Waals surface area contributed by atoms with E-state index in [2.05, 4.69) is 10.6 Å². The van der Waals surface area contributed by atoms with Crippen molar-refractivity contribution in [1.82, 2.24) is 5.32 Å².